The summed E-state index contributed by atoms with van der Waals surface area (Å²) in [7, 11) is 0. The molecule has 2 aliphatic heterocycles. The van der Waals surface area contributed by atoms with Crippen molar-refractivity contribution in [3.8, 4) is 0 Å². The lowest BCUT2D eigenvalue weighted by molar-refractivity contribution is 0.500. The molecule has 0 spiro atoms. The Bertz CT molecular complexity index is 530. The van der Waals surface area contributed by atoms with Crippen molar-refractivity contribution in [3.63, 3.8) is 0 Å². The predicted octanol–water partition coefficient (Wildman–Crippen LogP) is 2.40. The Labute approximate surface area is 104 Å². The molecule has 1 aromatic rings. The van der Waals surface area contributed by atoms with E-state index in [4.69, 9.17) is 0 Å². The lowest BCUT2D eigenvalue weighted by Gasteiger charge is -2.26. The quantitative estimate of drug-likeness (QED) is 0.706. The van der Waals surface area contributed by atoms with Crippen LogP contribution in [0, 0.1) is 5.92 Å². The summed E-state index contributed by atoms with van der Waals surface area (Å²) in [6, 6.07) is 0. The van der Waals surface area contributed by atoms with E-state index in [0.29, 0.717) is 17.2 Å². The third kappa shape index (κ3) is 1.29. The second-order valence-corrected chi connectivity index (χ2v) is 6.23. The van der Waals surface area contributed by atoms with Gasteiger partial charge in [-0.05, 0) is 35.7 Å². The highest BCUT2D eigenvalue weighted by molar-refractivity contribution is 8.04. The average Bonchev–Trinajstić information content (AvgIpc) is 2.91. The number of fused-ring (bicyclic) bond motifs is 4. The van der Waals surface area contributed by atoms with Crippen LogP contribution < -0.4 is 0 Å². The van der Waals surface area contributed by atoms with Crippen molar-refractivity contribution in [2.24, 2.45) is 10.9 Å². The number of allylic oxidation sites excluding steroid dienone is 1. The number of thioether (sulfide) groups is 1. The molecule has 4 nitrogen and oxygen atoms in total. The molecule has 5 heteroatoms. The molecule has 3 unspecified atom stereocenters. The van der Waals surface area contributed by atoms with Crippen LogP contribution in [0.15, 0.2) is 21.8 Å². The Kier molecular flexibility index (Phi) is 2.00. The molecule has 17 heavy (non-hydrogen) atoms. The molecule has 0 radical (unpaired) electrons. The summed E-state index contributed by atoms with van der Waals surface area (Å²) in [6.07, 6.45) is 7.49. The van der Waals surface area contributed by atoms with Crippen LogP contribution in [-0.2, 0) is 0 Å². The van der Waals surface area contributed by atoms with Gasteiger partial charge in [0.25, 0.3) is 0 Å². The topological polar surface area (TPSA) is 43.1 Å². The van der Waals surface area contributed by atoms with E-state index >= 15 is 0 Å². The van der Waals surface area contributed by atoms with Gasteiger partial charge in [0.15, 0.2) is 0 Å². The maximum absolute atomic E-state index is 4.64. The second-order valence-electron chi connectivity index (χ2n) is 5.02. The molecule has 0 fully saturated rings. The standard InChI is InChI=1S/C12H14N4S/c1-7-3-2-4-8-9(7)10-11-15-14-6-16(11)5-13-12(10)17-8/h5-7,10,12H,2-4H2,1H3. The van der Waals surface area contributed by atoms with Gasteiger partial charge in [-0.2, -0.15) is 0 Å². The SMILES string of the molecule is CC1CCCC2=C1C1c3nncn3C=NC1S2. The molecule has 0 bridgehead atoms. The fourth-order valence-electron chi connectivity index (χ4n) is 3.20. The van der Waals surface area contributed by atoms with Gasteiger partial charge in [0.2, 0.25) is 0 Å². The van der Waals surface area contributed by atoms with Gasteiger partial charge >= 0.3 is 0 Å². The van der Waals surface area contributed by atoms with E-state index in [1.54, 1.807) is 16.8 Å². The van der Waals surface area contributed by atoms with E-state index in [1.165, 1.54) is 19.3 Å². The Hall–Kier alpha value is -1.10. The molecule has 88 valence electrons. The van der Waals surface area contributed by atoms with Crippen LogP contribution in [0.25, 0.3) is 0 Å². The summed E-state index contributed by atoms with van der Waals surface area (Å²) in [6.45, 7) is 2.34. The molecule has 0 N–H and O–H groups in total. The van der Waals surface area contributed by atoms with Crippen LogP contribution >= 0.6 is 11.8 Å². The summed E-state index contributed by atoms with van der Waals surface area (Å²) in [4.78, 5) is 6.22. The molecule has 3 atom stereocenters. The van der Waals surface area contributed by atoms with E-state index in [1.807, 2.05) is 22.7 Å². The molecule has 0 saturated carbocycles. The smallest absolute Gasteiger partial charge is 0.148 e. The number of hydrogen-bond donors (Lipinski definition) is 0. The highest BCUT2D eigenvalue weighted by Crippen LogP contribution is 2.55. The fraction of sp³-hybridized carbons (Fsp3) is 0.583. The minimum absolute atomic E-state index is 0.317. The molecule has 0 amide bonds. The normalized spacial score (nSPS) is 34.5. The molecule has 4 rings (SSSR count). The summed E-state index contributed by atoms with van der Waals surface area (Å²) in [5, 5.41) is 8.63. The van der Waals surface area contributed by atoms with Gasteiger partial charge in [-0.15, -0.1) is 22.0 Å². The van der Waals surface area contributed by atoms with Crippen molar-refractivity contribution >= 4 is 18.1 Å². The van der Waals surface area contributed by atoms with E-state index in [-0.39, 0.29) is 0 Å². The van der Waals surface area contributed by atoms with Crippen molar-refractivity contribution in [1.29, 1.82) is 0 Å². The molecular weight excluding hydrogens is 232 g/mol. The van der Waals surface area contributed by atoms with Crippen LogP contribution in [0.1, 0.15) is 37.9 Å². The van der Waals surface area contributed by atoms with E-state index in [9.17, 15) is 0 Å². The van der Waals surface area contributed by atoms with Crippen LogP contribution in [-0.4, -0.2) is 26.5 Å². The van der Waals surface area contributed by atoms with Crippen molar-refractivity contribution in [2.75, 3.05) is 0 Å². The second kappa shape index (κ2) is 3.45. The molecule has 3 aliphatic rings. The van der Waals surface area contributed by atoms with Gasteiger partial charge in [-0.1, -0.05) is 6.92 Å². The first kappa shape index (κ1) is 9.88. The molecular formula is C12H14N4S. The van der Waals surface area contributed by atoms with E-state index in [2.05, 4.69) is 22.1 Å². The zero-order valence-corrected chi connectivity index (χ0v) is 10.5. The zero-order chi connectivity index (χ0) is 11.4. The van der Waals surface area contributed by atoms with E-state index in [0.717, 1.165) is 5.82 Å². The van der Waals surface area contributed by atoms with Crippen molar-refractivity contribution in [2.45, 2.75) is 37.5 Å². The first-order valence-corrected chi connectivity index (χ1v) is 7.05. The van der Waals surface area contributed by atoms with Crippen LogP contribution in [0.5, 0.6) is 0 Å². The predicted molar refractivity (Wildman–Crippen MR) is 68.1 cm³/mol. The van der Waals surface area contributed by atoms with Crippen molar-refractivity contribution < 1.29 is 0 Å². The minimum atomic E-state index is 0.317. The summed E-state index contributed by atoms with van der Waals surface area (Å²) in [5.41, 5.74) is 1.59. The molecule has 0 aromatic carbocycles. The minimum Gasteiger partial charge on any atom is -0.275 e. The van der Waals surface area contributed by atoms with Crippen molar-refractivity contribution in [1.82, 2.24) is 14.8 Å². The third-order valence-electron chi connectivity index (χ3n) is 3.99. The Morgan fingerprint density at radius 3 is 3.35 bits per heavy atom. The average molecular weight is 246 g/mol. The molecule has 1 aromatic heterocycles. The van der Waals surface area contributed by atoms with Crippen LogP contribution in [0.2, 0.25) is 0 Å². The summed E-state index contributed by atoms with van der Waals surface area (Å²) >= 11 is 1.95. The van der Waals surface area contributed by atoms with Gasteiger partial charge in [-0.3, -0.25) is 9.56 Å². The lowest BCUT2D eigenvalue weighted by Crippen LogP contribution is -2.24. The Morgan fingerprint density at radius 1 is 1.47 bits per heavy atom. The molecule has 0 saturated heterocycles. The van der Waals surface area contributed by atoms with Gasteiger partial charge in [-0.25, -0.2) is 0 Å². The first-order chi connectivity index (χ1) is 8.34. The first-order valence-electron chi connectivity index (χ1n) is 6.17. The molecule has 1 aliphatic carbocycles. The summed E-state index contributed by atoms with van der Waals surface area (Å²) in [5.74, 6) is 2.13. The number of aliphatic imine (C=N–C) groups is 1. The Morgan fingerprint density at radius 2 is 2.41 bits per heavy atom. The number of nitrogens with zero attached hydrogens (tertiary/aromatic N) is 4. The van der Waals surface area contributed by atoms with E-state index < -0.39 is 0 Å². The van der Waals surface area contributed by atoms with Gasteiger partial charge < -0.3 is 0 Å². The fourth-order valence-corrected chi connectivity index (χ4v) is 4.74. The lowest BCUT2D eigenvalue weighted by atomic mass is 9.81. The molecule has 3 heterocycles. The largest absolute Gasteiger partial charge is 0.275 e. The van der Waals surface area contributed by atoms with Crippen LogP contribution in [0.4, 0.5) is 0 Å². The van der Waals surface area contributed by atoms with Gasteiger partial charge in [0.1, 0.15) is 17.5 Å². The van der Waals surface area contributed by atoms with Gasteiger partial charge in [0.05, 0.1) is 12.3 Å². The maximum Gasteiger partial charge on any atom is 0.148 e. The third-order valence-corrected chi connectivity index (χ3v) is 5.35. The highest BCUT2D eigenvalue weighted by Gasteiger charge is 2.43. The highest BCUT2D eigenvalue weighted by atomic mass is 32.2. The number of rotatable bonds is 0. The number of aromatic nitrogens is 3. The monoisotopic (exact) mass is 246 g/mol. The zero-order valence-electron chi connectivity index (χ0n) is 9.71. The van der Waals surface area contributed by atoms with Gasteiger partial charge in [0, 0.05) is 0 Å². The Balaban J connectivity index is 1.86. The van der Waals surface area contributed by atoms with Crippen molar-refractivity contribution in [3.05, 3.63) is 22.6 Å². The summed E-state index contributed by atoms with van der Waals surface area (Å²) < 4.78 is 1.97. The van der Waals surface area contributed by atoms with Crippen LogP contribution in [0.3, 0.4) is 0 Å². The number of hydrogen-bond acceptors (Lipinski definition) is 4. The maximum atomic E-state index is 4.64.